The minimum absolute atomic E-state index is 0.0642. The zero-order chi connectivity index (χ0) is 24.9. The molecule has 0 fully saturated rings. The van der Waals surface area contributed by atoms with Gasteiger partial charge in [-0.2, -0.15) is 0 Å². The lowest BCUT2D eigenvalue weighted by molar-refractivity contribution is -0.384. The van der Waals surface area contributed by atoms with Crippen LogP contribution in [0.4, 0.5) is 17.1 Å². The van der Waals surface area contributed by atoms with Crippen LogP contribution in [0.5, 0.6) is 0 Å². The molecule has 1 aliphatic rings. The summed E-state index contributed by atoms with van der Waals surface area (Å²) in [6.07, 6.45) is 2.85. The topological polar surface area (TPSA) is 83.8 Å². The average molecular weight is 472 g/mol. The summed E-state index contributed by atoms with van der Waals surface area (Å²) in [5, 5.41) is 11.1. The van der Waals surface area contributed by atoms with Crippen molar-refractivity contribution in [2.45, 2.75) is 51.6 Å². The number of carbonyl (C=O) groups excluding carboxylic acids is 2. The molecule has 3 aromatic carbocycles. The molecule has 2 amide bonds. The Morgan fingerprint density at radius 2 is 1.66 bits per heavy atom. The highest BCUT2D eigenvalue weighted by Crippen LogP contribution is 2.43. The highest BCUT2D eigenvalue weighted by atomic mass is 16.6. The van der Waals surface area contributed by atoms with Gasteiger partial charge in [0.05, 0.1) is 11.0 Å². The summed E-state index contributed by atoms with van der Waals surface area (Å²) in [6.45, 7) is 4.09. The minimum Gasteiger partial charge on any atom is -0.309 e. The van der Waals surface area contributed by atoms with Gasteiger partial charge in [-0.15, -0.1) is 0 Å². The molecule has 0 aliphatic carbocycles. The van der Waals surface area contributed by atoms with Crippen LogP contribution in [0.15, 0.2) is 78.9 Å². The number of hydrogen-bond donors (Lipinski definition) is 0. The fourth-order valence-electron chi connectivity index (χ4n) is 4.75. The van der Waals surface area contributed by atoms with Crippen molar-refractivity contribution in [2.24, 2.45) is 0 Å². The van der Waals surface area contributed by atoms with E-state index in [4.69, 9.17) is 0 Å². The predicted octanol–water partition coefficient (Wildman–Crippen LogP) is 6.30. The maximum absolute atomic E-state index is 13.9. The second-order valence-corrected chi connectivity index (χ2v) is 8.84. The van der Waals surface area contributed by atoms with E-state index in [1.807, 2.05) is 66.4 Å². The van der Waals surface area contributed by atoms with Crippen molar-refractivity contribution in [1.29, 1.82) is 0 Å². The number of rotatable bonds is 7. The van der Waals surface area contributed by atoms with Crippen molar-refractivity contribution in [3.8, 4) is 0 Å². The zero-order valence-electron chi connectivity index (χ0n) is 20.0. The number of nitrogens with zero attached hydrogens (tertiary/aromatic N) is 3. The van der Waals surface area contributed by atoms with E-state index in [1.165, 1.54) is 24.3 Å². The summed E-state index contributed by atoms with van der Waals surface area (Å²) in [5.41, 5.74) is 2.77. The van der Waals surface area contributed by atoms with E-state index in [1.54, 1.807) is 4.90 Å². The third-order valence-corrected chi connectivity index (χ3v) is 6.46. The molecule has 180 valence electrons. The Labute approximate surface area is 205 Å². The van der Waals surface area contributed by atoms with Gasteiger partial charge in [0.15, 0.2) is 0 Å². The molecule has 7 nitrogen and oxygen atoms in total. The number of carbonyl (C=O) groups is 2. The first-order valence-electron chi connectivity index (χ1n) is 12.0. The van der Waals surface area contributed by atoms with Crippen LogP contribution in [0.25, 0.3) is 0 Å². The Bertz CT molecular complexity index is 1210. The smallest absolute Gasteiger partial charge is 0.269 e. The van der Waals surface area contributed by atoms with Gasteiger partial charge in [0.1, 0.15) is 0 Å². The third kappa shape index (κ3) is 4.94. The first-order chi connectivity index (χ1) is 16.9. The fraction of sp³-hybridized carbons (Fsp3) is 0.286. The van der Waals surface area contributed by atoms with Crippen molar-refractivity contribution in [3.63, 3.8) is 0 Å². The van der Waals surface area contributed by atoms with E-state index >= 15 is 0 Å². The van der Waals surface area contributed by atoms with Crippen LogP contribution >= 0.6 is 0 Å². The molecule has 0 saturated heterocycles. The fourth-order valence-corrected chi connectivity index (χ4v) is 4.75. The van der Waals surface area contributed by atoms with Gasteiger partial charge in [-0.05, 0) is 55.7 Å². The Balaban J connectivity index is 1.78. The summed E-state index contributed by atoms with van der Waals surface area (Å²) in [4.78, 5) is 41.2. The molecule has 0 spiro atoms. The van der Waals surface area contributed by atoms with Crippen LogP contribution in [-0.4, -0.2) is 22.8 Å². The quantitative estimate of drug-likeness (QED) is 0.299. The van der Waals surface area contributed by atoms with Gasteiger partial charge in [-0.3, -0.25) is 19.7 Å². The number of para-hydroxylation sites is 2. The normalized spacial score (nSPS) is 16.9. The lowest BCUT2D eigenvalue weighted by Gasteiger charge is -2.43. The molecule has 0 bridgehead atoms. The maximum Gasteiger partial charge on any atom is 0.269 e. The van der Waals surface area contributed by atoms with Crippen LogP contribution in [0.1, 0.15) is 61.5 Å². The summed E-state index contributed by atoms with van der Waals surface area (Å²) < 4.78 is 0. The number of benzene rings is 3. The Kier molecular flexibility index (Phi) is 7.25. The molecule has 0 N–H and O–H groups in total. The third-order valence-electron chi connectivity index (χ3n) is 6.46. The summed E-state index contributed by atoms with van der Waals surface area (Å²) >= 11 is 0. The van der Waals surface area contributed by atoms with E-state index in [-0.39, 0.29) is 29.6 Å². The van der Waals surface area contributed by atoms with Crippen molar-refractivity contribution < 1.29 is 14.5 Å². The number of nitro groups is 1. The monoisotopic (exact) mass is 471 g/mol. The number of non-ortho nitro benzene ring substituents is 1. The number of anilines is 2. The molecule has 0 radical (unpaired) electrons. The second-order valence-electron chi connectivity index (χ2n) is 8.84. The van der Waals surface area contributed by atoms with Crippen molar-refractivity contribution >= 4 is 28.9 Å². The maximum atomic E-state index is 13.9. The largest absolute Gasteiger partial charge is 0.309 e. The minimum atomic E-state index is -0.480. The highest BCUT2D eigenvalue weighted by Gasteiger charge is 2.38. The number of nitro benzene ring substituents is 1. The van der Waals surface area contributed by atoms with Gasteiger partial charge in [0.25, 0.3) is 11.6 Å². The molecule has 35 heavy (non-hydrogen) atoms. The first kappa shape index (κ1) is 24.1. The van der Waals surface area contributed by atoms with E-state index in [2.05, 4.69) is 6.92 Å². The van der Waals surface area contributed by atoms with Gasteiger partial charge >= 0.3 is 0 Å². The van der Waals surface area contributed by atoms with E-state index in [0.29, 0.717) is 18.4 Å². The molecule has 0 saturated carbocycles. The molecular weight excluding hydrogens is 442 g/mol. The van der Waals surface area contributed by atoms with Crippen LogP contribution in [0.3, 0.4) is 0 Å². The Morgan fingerprint density at radius 3 is 2.31 bits per heavy atom. The number of hydrogen-bond acceptors (Lipinski definition) is 4. The van der Waals surface area contributed by atoms with Crippen LogP contribution in [0, 0.1) is 10.1 Å². The van der Waals surface area contributed by atoms with Gasteiger partial charge in [0, 0.05) is 41.5 Å². The molecule has 2 atom stereocenters. The van der Waals surface area contributed by atoms with Crippen molar-refractivity contribution in [1.82, 2.24) is 0 Å². The second kappa shape index (κ2) is 10.5. The number of unbranched alkanes of at least 4 members (excludes halogenated alkanes) is 1. The lowest BCUT2D eigenvalue weighted by atomic mass is 9.89. The standard InChI is InChI=1S/C28H29N3O4/c1-3-4-14-27(32)29-20(2)19-26(24-12-8-9-13-25(24)29)30(22-10-6-5-7-11-22)28(33)21-15-17-23(18-16-21)31(34)35/h5-13,15-18,20,26H,3-4,14,19H2,1-2H3. The molecule has 7 heteroatoms. The SMILES string of the molecule is CCCCC(=O)N1c2ccccc2C(N(C(=O)c2ccc([N+](=O)[O-])cc2)c2ccccc2)CC1C. The van der Waals surface area contributed by atoms with E-state index < -0.39 is 4.92 Å². The number of fused-ring (bicyclic) bond motifs is 1. The predicted molar refractivity (Wildman–Crippen MR) is 137 cm³/mol. The number of amides is 2. The van der Waals surface area contributed by atoms with Gasteiger partial charge in [0.2, 0.25) is 5.91 Å². The van der Waals surface area contributed by atoms with Gasteiger partial charge < -0.3 is 9.80 Å². The van der Waals surface area contributed by atoms with Crippen molar-refractivity contribution in [3.05, 3.63) is 100 Å². The van der Waals surface area contributed by atoms with E-state index in [9.17, 15) is 19.7 Å². The average Bonchev–Trinajstić information content (AvgIpc) is 2.88. The lowest BCUT2D eigenvalue weighted by Crippen LogP contribution is -2.47. The molecular formula is C28H29N3O4. The molecule has 0 aromatic heterocycles. The molecule has 3 aromatic rings. The van der Waals surface area contributed by atoms with E-state index in [0.717, 1.165) is 29.8 Å². The first-order valence-corrected chi connectivity index (χ1v) is 12.0. The summed E-state index contributed by atoms with van der Waals surface area (Å²) in [6, 6.07) is 22.5. The Hall–Kier alpha value is -4.00. The molecule has 4 rings (SSSR count). The van der Waals surface area contributed by atoms with Gasteiger partial charge in [-0.25, -0.2) is 0 Å². The van der Waals surface area contributed by atoms with Gasteiger partial charge in [-0.1, -0.05) is 49.7 Å². The summed E-state index contributed by atoms with van der Waals surface area (Å²) in [7, 11) is 0. The van der Waals surface area contributed by atoms with Crippen LogP contribution < -0.4 is 9.80 Å². The van der Waals surface area contributed by atoms with Crippen LogP contribution in [0.2, 0.25) is 0 Å². The van der Waals surface area contributed by atoms with Crippen LogP contribution in [-0.2, 0) is 4.79 Å². The van der Waals surface area contributed by atoms with Crippen molar-refractivity contribution in [2.75, 3.05) is 9.80 Å². The summed E-state index contributed by atoms with van der Waals surface area (Å²) in [5.74, 6) is -0.151. The molecule has 1 heterocycles. The molecule has 2 unspecified atom stereocenters. The Morgan fingerprint density at radius 1 is 1.00 bits per heavy atom. The highest BCUT2D eigenvalue weighted by molar-refractivity contribution is 6.07. The molecule has 1 aliphatic heterocycles. The zero-order valence-corrected chi connectivity index (χ0v) is 20.0.